The lowest BCUT2D eigenvalue weighted by Gasteiger charge is -2.38. The number of hydrogen-bond acceptors (Lipinski definition) is 3. The maximum atomic E-state index is 12.7. The monoisotopic (exact) mass is 269 g/mol. The normalized spacial score (nSPS) is 15.1. The number of amides is 1. The largest absolute Gasteiger partial charge is 0.333 e. The van der Waals surface area contributed by atoms with Crippen LogP contribution < -0.4 is 5.32 Å². The maximum absolute atomic E-state index is 12.7. The Balaban J connectivity index is 1.89. The lowest BCUT2D eigenvalue weighted by atomic mass is 10.1. The Bertz CT molecular complexity index is 622. The van der Waals surface area contributed by atoms with Crippen LogP contribution >= 0.6 is 0 Å². The highest BCUT2D eigenvalue weighted by Gasteiger charge is 2.28. The van der Waals surface area contributed by atoms with E-state index in [1.54, 1.807) is 6.20 Å². The molecule has 0 unspecified atom stereocenters. The molecule has 4 heteroatoms. The highest BCUT2D eigenvalue weighted by atomic mass is 16.2. The van der Waals surface area contributed by atoms with Gasteiger partial charge in [-0.05, 0) is 30.7 Å². The average Bonchev–Trinajstić information content (AvgIpc) is 2.43. The Hall–Kier alpha value is -1.94. The van der Waals surface area contributed by atoms with Gasteiger partial charge in [-0.3, -0.25) is 9.78 Å². The van der Waals surface area contributed by atoms with Gasteiger partial charge in [0.15, 0.2) is 0 Å². The molecule has 0 radical (unpaired) electrons. The summed E-state index contributed by atoms with van der Waals surface area (Å²) >= 11 is 0. The predicted octanol–water partition coefficient (Wildman–Crippen LogP) is 2.06. The number of hydrogen-bond donors (Lipinski definition) is 1. The fourth-order valence-electron chi connectivity index (χ4n) is 2.56. The van der Waals surface area contributed by atoms with Gasteiger partial charge in [0.05, 0.1) is 11.6 Å². The summed E-state index contributed by atoms with van der Waals surface area (Å²) < 4.78 is 0. The molecule has 1 N–H and O–H groups in total. The molecule has 1 amide bonds. The van der Waals surface area contributed by atoms with E-state index in [0.717, 1.165) is 42.5 Å². The van der Waals surface area contributed by atoms with Gasteiger partial charge in [0.1, 0.15) is 0 Å². The van der Waals surface area contributed by atoms with Crippen LogP contribution in [0.5, 0.6) is 0 Å². The van der Waals surface area contributed by atoms with Crippen molar-refractivity contribution in [1.29, 1.82) is 0 Å². The molecule has 0 spiro atoms. The van der Waals surface area contributed by atoms with Crippen molar-refractivity contribution in [2.45, 2.75) is 19.4 Å². The number of rotatable bonds is 4. The minimum Gasteiger partial charge on any atom is -0.333 e. The van der Waals surface area contributed by atoms with Crippen LogP contribution in [0, 0.1) is 0 Å². The second-order valence-electron chi connectivity index (χ2n) is 5.22. The Labute approximate surface area is 118 Å². The van der Waals surface area contributed by atoms with E-state index in [4.69, 9.17) is 0 Å². The summed E-state index contributed by atoms with van der Waals surface area (Å²) in [6.07, 6.45) is 2.75. The van der Waals surface area contributed by atoms with E-state index in [9.17, 15) is 4.79 Å². The van der Waals surface area contributed by atoms with E-state index in [0.29, 0.717) is 6.04 Å². The van der Waals surface area contributed by atoms with Crippen molar-refractivity contribution < 1.29 is 4.79 Å². The summed E-state index contributed by atoms with van der Waals surface area (Å²) in [4.78, 5) is 19.0. The van der Waals surface area contributed by atoms with Gasteiger partial charge in [0.2, 0.25) is 0 Å². The van der Waals surface area contributed by atoms with Crippen LogP contribution in [0.3, 0.4) is 0 Å². The van der Waals surface area contributed by atoms with Gasteiger partial charge in [-0.15, -0.1) is 0 Å². The van der Waals surface area contributed by atoms with Gasteiger partial charge < -0.3 is 10.2 Å². The SMILES string of the molecule is CCCN(C(=O)c1ccc2ncccc2c1)C1CNC1. The average molecular weight is 269 g/mol. The molecular formula is C16H19N3O. The third kappa shape index (κ3) is 2.39. The van der Waals surface area contributed by atoms with E-state index in [-0.39, 0.29) is 5.91 Å². The molecule has 20 heavy (non-hydrogen) atoms. The molecule has 1 aliphatic rings. The number of nitrogens with one attached hydrogen (secondary N) is 1. The van der Waals surface area contributed by atoms with E-state index < -0.39 is 0 Å². The minimum atomic E-state index is 0.129. The molecule has 2 aromatic rings. The van der Waals surface area contributed by atoms with Crippen molar-refractivity contribution in [3.05, 3.63) is 42.1 Å². The van der Waals surface area contributed by atoms with Crippen molar-refractivity contribution in [2.24, 2.45) is 0 Å². The third-order valence-corrected chi connectivity index (χ3v) is 3.78. The molecule has 0 bridgehead atoms. The van der Waals surface area contributed by atoms with Crippen molar-refractivity contribution in [2.75, 3.05) is 19.6 Å². The molecule has 4 nitrogen and oxygen atoms in total. The number of fused-ring (bicyclic) bond motifs is 1. The Kier molecular flexibility index (Phi) is 3.65. The molecule has 2 heterocycles. The van der Waals surface area contributed by atoms with Crippen molar-refractivity contribution >= 4 is 16.8 Å². The number of carbonyl (C=O) groups is 1. The lowest BCUT2D eigenvalue weighted by Crippen LogP contribution is -2.59. The van der Waals surface area contributed by atoms with Gasteiger partial charge in [-0.1, -0.05) is 13.0 Å². The Morgan fingerprint density at radius 1 is 1.40 bits per heavy atom. The van der Waals surface area contributed by atoms with Crippen LogP contribution in [0.2, 0.25) is 0 Å². The van der Waals surface area contributed by atoms with Crippen molar-refractivity contribution in [3.8, 4) is 0 Å². The van der Waals surface area contributed by atoms with Crippen LogP contribution in [0.25, 0.3) is 10.9 Å². The predicted molar refractivity (Wildman–Crippen MR) is 79.7 cm³/mol. The third-order valence-electron chi connectivity index (χ3n) is 3.78. The lowest BCUT2D eigenvalue weighted by molar-refractivity contribution is 0.0616. The zero-order valence-corrected chi connectivity index (χ0v) is 11.7. The van der Waals surface area contributed by atoms with Crippen LogP contribution in [0.4, 0.5) is 0 Å². The van der Waals surface area contributed by atoms with Crippen LogP contribution in [0.15, 0.2) is 36.5 Å². The Morgan fingerprint density at radius 2 is 2.25 bits per heavy atom. The zero-order chi connectivity index (χ0) is 13.9. The fraction of sp³-hybridized carbons (Fsp3) is 0.375. The molecule has 0 atom stereocenters. The summed E-state index contributed by atoms with van der Waals surface area (Å²) in [6, 6.07) is 9.98. The fourth-order valence-corrected chi connectivity index (χ4v) is 2.56. The molecule has 0 saturated carbocycles. The molecule has 104 valence electrons. The quantitative estimate of drug-likeness (QED) is 0.924. The first kappa shape index (κ1) is 13.1. The summed E-state index contributed by atoms with van der Waals surface area (Å²) in [5.41, 5.74) is 1.68. The highest BCUT2D eigenvalue weighted by Crippen LogP contribution is 2.17. The van der Waals surface area contributed by atoms with Gasteiger partial charge >= 0.3 is 0 Å². The topological polar surface area (TPSA) is 45.2 Å². The van der Waals surface area contributed by atoms with Crippen LogP contribution in [-0.4, -0.2) is 41.5 Å². The second kappa shape index (κ2) is 5.59. The molecule has 1 fully saturated rings. The first-order chi connectivity index (χ1) is 9.79. The summed E-state index contributed by atoms with van der Waals surface area (Å²) in [7, 11) is 0. The molecule has 3 rings (SSSR count). The van der Waals surface area contributed by atoms with E-state index >= 15 is 0 Å². The first-order valence-electron chi connectivity index (χ1n) is 7.16. The molecular weight excluding hydrogens is 250 g/mol. The summed E-state index contributed by atoms with van der Waals surface area (Å²) in [6.45, 7) is 4.73. The van der Waals surface area contributed by atoms with E-state index in [1.807, 2.05) is 35.2 Å². The summed E-state index contributed by atoms with van der Waals surface area (Å²) in [5.74, 6) is 0.129. The molecule has 1 aromatic heterocycles. The van der Waals surface area contributed by atoms with E-state index in [1.165, 1.54) is 0 Å². The zero-order valence-electron chi connectivity index (χ0n) is 11.7. The van der Waals surface area contributed by atoms with Crippen molar-refractivity contribution in [1.82, 2.24) is 15.2 Å². The second-order valence-corrected chi connectivity index (χ2v) is 5.22. The van der Waals surface area contributed by atoms with Gasteiger partial charge in [0, 0.05) is 36.8 Å². The van der Waals surface area contributed by atoms with Crippen LogP contribution in [0.1, 0.15) is 23.7 Å². The number of aromatic nitrogens is 1. The Morgan fingerprint density at radius 3 is 2.95 bits per heavy atom. The first-order valence-corrected chi connectivity index (χ1v) is 7.16. The summed E-state index contributed by atoms with van der Waals surface area (Å²) in [5, 5.41) is 4.25. The molecule has 1 aromatic carbocycles. The van der Waals surface area contributed by atoms with E-state index in [2.05, 4.69) is 17.2 Å². The number of carbonyl (C=O) groups excluding carboxylic acids is 1. The number of benzene rings is 1. The highest BCUT2D eigenvalue weighted by molar-refractivity contribution is 5.98. The molecule has 1 aliphatic heterocycles. The van der Waals surface area contributed by atoms with Gasteiger partial charge in [-0.25, -0.2) is 0 Å². The van der Waals surface area contributed by atoms with Crippen molar-refractivity contribution in [3.63, 3.8) is 0 Å². The van der Waals surface area contributed by atoms with Gasteiger partial charge in [-0.2, -0.15) is 0 Å². The maximum Gasteiger partial charge on any atom is 0.254 e. The standard InChI is InChI=1S/C16H19N3O/c1-2-8-19(14-10-17-11-14)16(20)13-5-6-15-12(9-13)4-3-7-18-15/h3-7,9,14,17H,2,8,10-11H2,1H3. The molecule has 1 saturated heterocycles. The molecule has 0 aliphatic carbocycles. The number of nitrogens with zero attached hydrogens (tertiary/aromatic N) is 2. The number of pyridine rings is 1. The van der Waals surface area contributed by atoms with Gasteiger partial charge in [0.25, 0.3) is 5.91 Å². The van der Waals surface area contributed by atoms with Crippen LogP contribution in [-0.2, 0) is 0 Å². The smallest absolute Gasteiger partial charge is 0.254 e. The minimum absolute atomic E-state index is 0.129.